The van der Waals surface area contributed by atoms with E-state index in [4.69, 9.17) is 4.98 Å². The summed E-state index contributed by atoms with van der Waals surface area (Å²) in [6, 6.07) is 20.2. The summed E-state index contributed by atoms with van der Waals surface area (Å²) >= 11 is 0. The van der Waals surface area contributed by atoms with Crippen LogP contribution in [0.4, 0.5) is 11.4 Å². The van der Waals surface area contributed by atoms with Gasteiger partial charge in [0.15, 0.2) is 0 Å². The average Bonchev–Trinajstić information content (AvgIpc) is 2.94. The first kappa shape index (κ1) is 20.2. The third-order valence-corrected chi connectivity index (χ3v) is 7.16. The third-order valence-electron chi connectivity index (χ3n) is 7.16. The molecular weight excluding hydrogens is 426 g/mol. The Labute approximate surface area is 205 Å². The Morgan fingerprint density at radius 2 is 1.54 bits per heavy atom. The van der Waals surface area contributed by atoms with E-state index in [0.717, 1.165) is 37.1 Å². The van der Waals surface area contributed by atoms with Crippen LogP contribution in [0.3, 0.4) is 0 Å². The molecule has 0 fully saturated rings. The quantitative estimate of drug-likeness (QED) is 0.313. The average molecular weight is 452 g/mol. The number of nitrogens with zero attached hydrogens (tertiary/aromatic N) is 3. The minimum Gasteiger partial charge on any atom is -0.307 e. The molecule has 0 atom stereocenters. The molecule has 2 aliphatic carbocycles. The Bertz CT molecular complexity index is 1590. The monoisotopic (exact) mass is 451 g/mol. The molecule has 2 heterocycles. The Morgan fingerprint density at radius 3 is 2.34 bits per heavy atom. The minimum absolute atomic E-state index is 0.986. The second kappa shape index (κ2) is 8.21. The molecule has 0 saturated carbocycles. The molecule has 0 amide bonds. The van der Waals surface area contributed by atoms with Crippen LogP contribution in [0.5, 0.6) is 0 Å². The van der Waals surface area contributed by atoms with Gasteiger partial charge in [-0.3, -0.25) is 0 Å². The van der Waals surface area contributed by atoms with Gasteiger partial charge in [-0.05, 0) is 77.6 Å². The van der Waals surface area contributed by atoms with Gasteiger partial charge in [-0.2, -0.15) is 0 Å². The highest BCUT2D eigenvalue weighted by Crippen LogP contribution is 2.49. The van der Waals surface area contributed by atoms with E-state index in [0.29, 0.717) is 0 Å². The number of hydrogen-bond donors (Lipinski definition) is 0. The lowest BCUT2D eigenvalue weighted by atomic mass is 9.90. The molecule has 168 valence electrons. The van der Waals surface area contributed by atoms with Gasteiger partial charge >= 0.3 is 0 Å². The van der Waals surface area contributed by atoms with Crippen LogP contribution < -0.4 is 4.90 Å². The van der Waals surface area contributed by atoms with E-state index < -0.39 is 0 Å². The molecule has 0 N–H and O–H groups in total. The first-order valence-electron chi connectivity index (χ1n) is 12.4. The number of benzene rings is 3. The molecule has 7 rings (SSSR count). The second-order valence-corrected chi connectivity index (χ2v) is 9.32. The van der Waals surface area contributed by atoms with E-state index in [2.05, 4.69) is 101 Å². The number of anilines is 2. The molecule has 3 aliphatic rings. The fourth-order valence-corrected chi connectivity index (χ4v) is 5.50. The van der Waals surface area contributed by atoms with Gasteiger partial charge in [-0.15, -0.1) is 0 Å². The standard InChI is InChI=1S/C32H25N3/c1-3-8-22(9-4-1)23-14-16-24(17-15-23)26-18-25-10-7-13-29-31(25)28(19-26)32-30(20-33-21-34-32)35(29)27-11-5-2-6-12-27/h3,5,7-21H,1-2,4,6H2. The van der Waals surface area contributed by atoms with Crippen molar-refractivity contribution in [2.45, 2.75) is 25.7 Å². The van der Waals surface area contributed by atoms with Crippen LogP contribution >= 0.6 is 0 Å². The molecule has 3 aromatic carbocycles. The molecule has 1 aromatic heterocycles. The first-order valence-corrected chi connectivity index (χ1v) is 12.4. The van der Waals surface area contributed by atoms with Crippen molar-refractivity contribution >= 4 is 27.7 Å². The highest BCUT2D eigenvalue weighted by atomic mass is 15.2. The zero-order valence-corrected chi connectivity index (χ0v) is 19.5. The van der Waals surface area contributed by atoms with Gasteiger partial charge in [-0.25, -0.2) is 9.97 Å². The van der Waals surface area contributed by atoms with Gasteiger partial charge in [0.1, 0.15) is 6.33 Å². The number of fused-ring (bicyclic) bond motifs is 2. The van der Waals surface area contributed by atoms with Gasteiger partial charge in [-0.1, -0.05) is 66.8 Å². The van der Waals surface area contributed by atoms with Crippen molar-refractivity contribution in [1.82, 2.24) is 9.97 Å². The van der Waals surface area contributed by atoms with Crippen molar-refractivity contribution in [2.75, 3.05) is 4.90 Å². The van der Waals surface area contributed by atoms with Crippen LogP contribution in [-0.4, -0.2) is 9.97 Å². The Kier molecular flexibility index (Phi) is 4.73. The van der Waals surface area contributed by atoms with E-state index in [9.17, 15) is 0 Å². The molecule has 0 bridgehead atoms. The lowest BCUT2D eigenvalue weighted by molar-refractivity contribution is 0.992. The minimum atomic E-state index is 0.986. The summed E-state index contributed by atoms with van der Waals surface area (Å²) in [5.41, 5.74) is 10.6. The predicted molar refractivity (Wildman–Crippen MR) is 145 cm³/mol. The second-order valence-electron chi connectivity index (χ2n) is 9.32. The van der Waals surface area contributed by atoms with Crippen LogP contribution in [0.25, 0.3) is 38.7 Å². The van der Waals surface area contributed by atoms with Crippen molar-refractivity contribution in [3.63, 3.8) is 0 Å². The number of hydrogen-bond acceptors (Lipinski definition) is 3. The molecule has 0 saturated heterocycles. The lowest BCUT2D eigenvalue weighted by Crippen LogP contribution is -2.20. The number of aromatic nitrogens is 2. The number of allylic oxidation sites excluding steroid dienone is 7. The maximum Gasteiger partial charge on any atom is 0.116 e. The smallest absolute Gasteiger partial charge is 0.116 e. The van der Waals surface area contributed by atoms with Gasteiger partial charge in [0.25, 0.3) is 0 Å². The predicted octanol–water partition coefficient (Wildman–Crippen LogP) is 8.38. The molecule has 1 aliphatic heterocycles. The SMILES string of the molecule is C1=CC(c2ccc(-c3cc4c5c(cccc5c3)N(C3=CCCC=C3)c3cncnc3-4)cc2)=CCC1. The fourth-order valence-electron chi connectivity index (χ4n) is 5.50. The maximum atomic E-state index is 4.78. The topological polar surface area (TPSA) is 29.0 Å². The van der Waals surface area contributed by atoms with Crippen LogP contribution in [0, 0.1) is 0 Å². The van der Waals surface area contributed by atoms with Crippen LogP contribution in [0.15, 0.2) is 109 Å². The van der Waals surface area contributed by atoms with Gasteiger partial charge < -0.3 is 4.90 Å². The molecule has 35 heavy (non-hydrogen) atoms. The fraction of sp³-hybridized carbons (Fsp3) is 0.125. The summed E-state index contributed by atoms with van der Waals surface area (Å²) in [6.45, 7) is 0. The summed E-state index contributed by atoms with van der Waals surface area (Å²) in [5, 5.41) is 2.48. The highest BCUT2D eigenvalue weighted by molar-refractivity contribution is 6.13. The van der Waals surface area contributed by atoms with Gasteiger partial charge in [0.05, 0.1) is 23.3 Å². The molecule has 3 heteroatoms. The van der Waals surface area contributed by atoms with Crippen molar-refractivity contribution in [3.05, 3.63) is 115 Å². The summed E-state index contributed by atoms with van der Waals surface area (Å²) in [5.74, 6) is 0. The summed E-state index contributed by atoms with van der Waals surface area (Å²) in [4.78, 5) is 11.5. The maximum absolute atomic E-state index is 4.78. The molecule has 0 unspecified atom stereocenters. The van der Waals surface area contributed by atoms with Crippen LogP contribution in [0.2, 0.25) is 0 Å². The molecule has 0 radical (unpaired) electrons. The Morgan fingerprint density at radius 1 is 0.714 bits per heavy atom. The van der Waals surface area contributed by atoms with E-state index in [1.807, 2.05) is 6.20 Å². The van der Waals surface area contributed by atoms with Crippen molar-refractivity contribution in [1.29, 1.82) is 0 Å². The van der Waals surface area contributed by atoms with Crippen molar-refractivity contribution < 1.29 is 0 Å². The Hall–Kier alpha value is -4.24. The zero-order valence-electron chi connectivity index (χ0n) is 19.5. The number of rotatable bonds is 3. The normalized spacial score (nSPS) is 16.2. The summed E-state index contributed by atoms with van der Waals surface area (Å²) in [6.07, 6.45) is 21.6. The van der Waals surface area contributed by atoms with E-state index in [-0.39, 0.29) is 0 Å². The molecule has 4 aromatic rings. The van der Waals surface area contributed by atoms with Crippen LogP contribution in [-0.2, 0) is 0 Å². The highest BCUT2D eigenvalue weighted by Gasteiger charge is 2.28. The molecule has 0 spiro atoms. The van der Waals surface area contributed by atoms with Gasteiger partial charge in [0, 0.05) is 16.6 Å². The first-order chi connectivity index (χ1) is 17.4. The van der Waals surface area contributed by atoms with E-state index >= 15 is 0 Å². The van der Waals surface area contributed by atoms with Crippen LogP contribution in [0.1, 0.15) is 31.2 Å². The zero-order chi connectivity index (χ0) is 23.2. The van der Waals surface area contributed by atoms with Gasteiger partial charge in [0.2, 0.25) is 0 Å². The molecule has 3 nitrogen and oxygen atoms in total. The largest absolute Gasteiger partial charge is 0.307 e. The van der Waals surface area contributed by atoms with E-state index in [1.165, 1.54) is 50.0 Å². The third kappa shape index (κ3) is 3.35. The summed E-state index contributed by atoms with van der Waals surface area (Å²) in [7, 11) is 0. The van der Waals surface area contributed by atoms with Crippen molar-refractivity contribution in [3.8, 4) is 22.4 Å². The molecular formula is C32H25N3. The van der Waals surface area contributed by atoms with E-state index in [1.54, 1.807) is 6.33 Å². The Balaban J connectivity index is 1.40. The summed E-state index contributed by atoms with van der Waals surface area (Å²) < 4.78 is 0. The van der Waals surface area contributed by atoms with Crippen molar-refractivity contribution in [2.24, 2.45) is 0 Å². The lowest BCUT2D eigenvalue weighted by Gasteiger charge is -2.33.